The molecule has 1 amide bonds. The second kappa shape index (κ2) is 7.24. The van der Waals surface area contributed by atoms with E-state index in [1.54, 1.807) is 4.90 Å². The molecular formula is C14H19ClN2O3S. The Labute approximate surface area is 130 Å². The van der Waals surface area contributed by atoms with Crippen molar-refractivity contribution in [2.45, 2.75) is 6.42 Å². The van der Waals surface area contributed by atoms with E-state index in [0.717, 1.165) is 5.56 Å². The van der Waals surface area contributed by atoms with Crippen LogP contribution in [0.5, 0.6) is 0 Å². The molecule has 1 aromatic carbocycles. The van der Waals surface area contributed by atoms with Gasteiger partial charge in [-0.15, -0.1) is 11.6 Å². The summed E-state index contributed by atoms with van der Waals surface area (Å²) < 4.78 is 26.1. The first-order chi connectivity index (χ1) is 10.0. The molecule has 0 atom stereocenters. The lowest BCUT2D eigenvalue weighted by molar-refractivity contribution is -0.129. The first-order valence-corrected chi connectivity index (χ1v) is 9.03. The molecule has 0 bridgehead atoms. The van der Waals surface area contributed by atoms with Crippen molar-refractivity contribution < 1.29 is 13.2 Å². The molecule has 7 heteroatoms. The molecule has 0 radical (unpaired) electrons. The standard InChI is InChI=1S/C14H19ClN2O3S/c15-12-14(18)16-7-9-17(10-8-16)21(19,20)11-6-13-4-2-1-3-5-13/h1-5H,6-12H2. The van der Waals surface area contributed by atoms with E-state index in [9.17, 15) is 13.2 Å². The van der Waals surface area contributed by atoms with Gasteiger partial charge >= 0.3 is 0 Å². The third-order valence-corrected chi connectivity index (χ3v) is 5.69. The quantitative estimate of drug-likeness (QED) is 0.755. The lowest BCUT2D eigenvalue weighted by Gasteiger charge is -2.33. The van der Waals surface area contributed by atoms with Gasteiger partial charge in [0.25, 0.3) is 0 Å². The lowest BCUT2D eigenvalue weighted by atomic mass is 10.2. The monoisotopic (exact) mass is 330 g/mol. The van der Waals surface area contributed by atoms with Gasteiger partial charge in [0.15, 0.2) is 0 Å². The Balaban J connectivity index is 1.88. The molecule has 0 spiro atoms. The molecule has 0 unspecified atom stereocenters. The zero-order chi connectivity index (χ0) is 15.3. The van der Waals surface area contributed by atoms with E-state index >= 15 is 0 Å². The summed E-state index contributed by atoms with van der Waals surface area (Å²) in [4.78, 5) is 13.1. The number of amides is 1. The number of carbonyl (C=O) groups excluding carboxylic acids is 1. The van der Waals surface area contributed by atoms with Crippen molar-refractivity contribution in [2.75, 3.05) is 37.8 Å². The topological polar surface area (TPSA) is 57.7 Å². The zero-order valence-corrected chi connectivity index (χ0v) is 13.3. The molecular weight excluding hydrogens is 312 g/mol. The Kier molecular flexibility index (Phi) is 5.61. The van der Waals surface area contributed by atoms with Gasteiger partial charge in [0.1, 0.15) is 5.88 Å². The minimum Gasteiger partial charge on any atom is -0.339 e. The molecule has 0 saturated carbocycles. The van der Waals surface area contributed by atoms with E-state index < -0.39 is 10.0 Å². The summed E-state index contributed by atoms with van der Waals surface area (Å²) in [5.74, 6) is -0.0979. The number of piperazine rings is 1. The van der Waals surface area contributed by atoms with Gasteiger partial charge in [0.2, 0.25) is 15.9 Å². The fourth-order valence-electron chi connectivity index (χ4n) is 2.32. The van der Waals surface area contributed by atoms with Gasteiger partial charge in [-0.2, -0.15) is 4.31 Å². The van der Waals surface area contributed by atoms with Gasteiger partial charge in [-0.25, -0.2) is 8.42 Å². The smallest absolute Gasteiger partial charge is 0.237 e. The summed E-state index contributed by atoms with van der Waals surface area (Å²) >= 11 is 5.51. The molecule has 1 aliphatic rings. The number of aryl methyl sites for hydroxylation is 1. The van der Waals surface area contributed by atoms with Crippen LogP contribution in [0.25, 0.3) is 0 Å². The third kappa shape index (κ3) is 4.43. The van der Waals surface area contributed by atoms with E-state index in [1.807, 2.05) is 30.3 Å². The van der Waals surface area contributed by atoms with Crippen LogP contribution in [0.2, 0.25) is 0 Å². The van der Waals surface area contributed by atoms with Crippen molar-refractivity contribution in [3.8, 4) is 0 Å². The Morgan fingerprint density at radius 1 is 1.10 bits per heavy atom. The maximum Gasteiger partial charge on any atom is 0.237 e. The van der Waals surface area contributed by atoms with Crippen molar-refractivity contribution in [3.63, 3.8) is 0 Å². The predicted molar refractivity (Wildman–Crippen MR) is 82.8 cm³/mol. The summed E-state index contributed by atoms with van der Waals surface area (Å²) in [5.41, 5.74) is 1.01. The molecule has 1 aliphatic heterocycles. The number of nitrogens with zero attached hydrogens (tertiary/aromatic N) is 2. The normalized spacial score (nSPS) is 16.9. The molecule has 21 heavy (non-hydrogen) atoms. The maximum absolute atomic E-state index is 12.3. The molecule has 1 heterocycles. The van der Waals surface area contributed by atoms with Gasteiger partial charge in [-0.05, 0) is 12.0 Å². The molecule has 116 valence electrons. The van der Waals surface area contributed by atoms with E-state index in [1.165, 1.54) is 4.31 Å². The van der Waals surface area contributed by atoms with E-state index in [0.29, 0.717) is 32.6 Å². The number of hydrogen-bond donors (Lipinski definition) is 0. The summed E-state index contributed by atoms with van der Waals surface area (Å²) in [7, 11) is -3.27. The summed E-state index contributed by atoms with van der Waals surface area (Å²) in [6.07, 6.45) is 0.504. The van der Waals surface area contributed by atoms with Crippen LogP contribution in [0.1, 0.15) is 5.56 Å². The highest BCUT2D eigenvalue weighted by Crippen LogP contribution is 2.11. The van der Waals surface area contributed by atoms with Crippen molar-refractivity contribution in [2.24, 2.45) is 0 Å². The average molecular weight is 331 g/mol. The number of benzene rings is 1. The van der Waals surface area contributed by atoms with Crippen LogP contribution in [-0.4, -0.2) is 61.3 Å². The van der Waals surface area contributed by atoms with Crippen LogP contribution in [-0.2, 0) is 21.2 Å². The predicted octanol–water partition coefficient (Wildman–Crippen LogP) is 0.942. The molecule has 2 rings (SSSR count). The highest BCUT2D eigenvalue weighted by atomic mass is 35.5. The molecule has 5 nitrogen and oxygen atoms in total. The van der Waals surface area contributed by atoms with Gasteiger partial charge in [-0.3, -0.25) is 4.79 Å². The fraction of sp³-hybridized carbons (Fsp3) is 0.500. The van der Waals surface area contributed by atoms with Crippen LogP contribution in [0.15, 0.2) is 30.3 Å². The van der Waals surface area contributed by atoms with Crippen molar-refractivity contribution in [3.05, 3.63) is 35.9 Å². The number of rotatable bonds is 5. The maximum atomic E-state index is 12.3. The molecule has 0 N–H and O–H groups in total. The van der Waals surface area contributed by atoms with Gasteiger partial charge in [-0.1, -0.05) is 30.3 Å². The van der Waals surface area contributed by atoms with Crippen LogP contribution in [0.4, 0.5) is 0 Å². The first kappa shape index (κ1) is 16.3. The van der Waals surface area contributed by atoms with Crippen molar-refractivity contribution >= 4 is 27.5 Å². The minimum absolute atomic E-state index is 0.0548. The molecule has 0 aromatic heterocycles. The van der Waals surface area contributed by atoms with Crippen LogP contribution in [0, 0.1) is 0 Å². The number of halogens is 1. The molecule has 1 aromatic rings. The SMILES string of the molecule is O=C(CCl)N1CCN(S(=O)(=O)CCc2ccccc2)CC1. The number of alkyl halides is 1. The molecule has 1 saturated heterocycles. The molecule has 1 fully saturated rings. The second-order valence-corrected chi connectivity index (χ2v) is 7.32. The van der Waals surface area contributed by atoms with Crippen LogP contribution >= 0.6 is 11.6 Å². The first-order valence-electron chi connectivity index (χ1n) is 6.88. The van der Waals surface area contributed by atoms with Crippen molar-refractivity contribution in [1.82, 2.24) is 9.21 Å². The summed E-state index contributed by atoms with van der Waals surface area (Å²) in [6, 6.07) is 9.56. The Hall–Kier alpha value is -1.11. The lowest BCUT2D eigenvalue weighted by Crippen LogP contribution is -2.51. The van der Waals surface area contributed by atoms with Gasteiger partial charge < -0.3 is 4.90 Å². The van der Waals surface area contributed by atoms with Crippen LogP contribution < -0.4 is 0 Å². The number of hydrogen-bond acceptors (Lipinski definition) is 3. The number of sulfonamides is 1. The largest absolute Gasteiger partial charge is 0.339 e. The Bertz CT molecular complexity index is 569. The van der Waals surface area contributed by atoms with Gasteiger partial charge in [0.05, 0.1) is 5.75 Å². The summed E-state index contributed by atoms with van der Waals surface area (Å²) in [5, 5.41) is 0. The highest BCUT2D eigenvalue weighted by Gasteiger charge is 2.28. The van der Waals surface area contributed by atoms with Crippen molar-refractivity contribution in [1.29, 1.82) is 0 Å². The Morgan fingerprint density at radius 2 is 1.71 bits per heavy atom. The molecule has 0 aliphatic carbocycles. The van der Waals surface area contributed by atoms with E-state index in [4.69, 9.17) is 11.6 Å². The average Bonchev–Trinajstić information content (AvgIpc) is 2.53. The minimum atomic E-state index is -3.27. The summed E-state index contributed by atoms with van der Waals surface area (Å²) in [6.45, 7) is 1.52. The zero-order valence-electron chi connectivity index (χ0n) is 11.7. The fourth-order valence-corrected chi connectivity index (χ4v) is 3.96. The highest BCUT2D eigenvalue weighted by molar-refractivity contribution is 7.89. The Morgan fingerprint density at radius 3 is 2.29 bits per heavy atom. The number of carbonyl (C=O) groups is 1. The van der Waals surface area contributed by atoms with E-state index in [-0.39, 0.29) is 17.5 Å². The van der Waals surface area contributed by atoms with Crippen LogP contribution in [0.3, 0.4) is 0 Å². The second-order valence-electron chi connectivity index (χ2n) is 4.97. The third-order valence-electron chi connectivity index (χ3n) is 3.59. The van der Waals surface area contributed by atoms with Gasteiger partial charge in [0, 0.05) is 26.2 Å². The van der Waals surface area contributed by atoms with E-state index in [2.05, 4.69) is 0 Å².